The highest BCUT2D eigenvalue weighted by Gasteiger charge is 2.28. The van der Waals surface area contributed by atoms with Crippen LogP contribution in [0.25, 0.3) is 16.9 Å². The van der Waals surface area contributed by atoms with Gasteiger partial charge in [-0.05, 0) is 39.2 Å². The summed E-state index contributed by atoms with van der Waals surface area (Å²) in [6.45, 7) is 7.21. The van der Waals surface area contributed by atoms with Crippen molar-refractivity contribution in [3.05, 3.63) is 30.7 Å². The van der Waals surface area contributed by atoms with Gasteiger partial charge in [0.25, 0.3) is 0 Å². The van der Waals surface area contributed by atoms with Gasteiger partial charge in [0.2, 0.25) is 0 Å². The van der Waals surface area contributed by atoms with E-state index in [0.29, 0.717) is 0 Å². The first-order chi connectivity index (χ1) is 14.8. The van der Waals surface area contributed by atoms with Gasteiger partial charge in [-0.1, -0.05) is 11.8 Å². The molecule has 3 aromatic rings. The molecule has 0 saturated carbocycles. The van der Waals surface area contributed by atoms with Crippen LogP contribution in [0.5, 0.6) is 0 Å². The molecule has 1 fully saturated rings. The highest BCUT2D eigenvalue weighted by molar-refractivity contribution is 7.98. The molecule has 0 atom stereocenters. The average Bonchev–Trinajstić information content (AvgIpc) is 3.16. The molecule has 0 radical (unpaired) electrons. The first kappa shape index (κ1) is 21.4. The number of aromatic nitrogens is 5. The zero-order chi connectivity index (χ0) is 22.0. The van der Waals surface area contributed by atoms with E-state index in [-0.39, 0.29) is 12.1 Å². The summed E-state index contributed by atoms with van der Waals surface area (Å²) in [5, 5.41) is 19.2. The van der Waals surface area contributed by atoms with Crippen molar-refractivity contribution in [2.24, 2.45) is 0 Å². The van der Waals surface area contributed by atoms with E-state index >= 15 is 0 Å². The molecule has 3 aromatic heterocycles. The number of fused-ring (bicyclic) bond motifs is 1. The van der Waals surface area contributed by atoms with Crippen LogP contribution in [0.15, 0.2) is 35.9 Å². The topological polar surface area (TPSA) is 100 Å². The minimum Gasteiger partial charge on any atom is -0.430 e. The van der Waals surface area contributed by atoms with Crippen molar-refractivity contribution in [1.29, 1.82) is 0 Å². The molecule has 1 aliphatic rings. The fourth-order valence-corrected chi connectivity index (χ4v) is 3.78. The molecule has 0 spiro atoms. The second kappa shape index (κ2) is 8.70. The molecule has 0 amide bonds. The molecule has 10 heteroatoms. The average molecular weight is 443 g/mol. The Hall–Kier alpha value is -2.88. The number of aliphatic hydroxyl groups excluding tert-OH is 1. The van der Waals surface area contributed by atoms with Gasteiger partial charge in [-0.15, -0.1) is 5.10 Å². The van der Waals surface area contributed by atoms with Crippen LogP contribution in [0.2, 0.25) is 0 Å². The molecule has 4 rings (SSSR count). The summed E-state index contributed by atoms with van der Waals surface area (Å²) >= 11 is 1.51. The second-order valence-electron chi connectivity index (χ2n) is 8.49. The lowest BCUT2D eigenvalue weighted by atomic mass is 10.1. The maximum Gasteiger partial charge on any atom is 0.547 e. The van der Waals surface area contributed by atoms with Gasteiger partial charge in [0.05, 0.1) is 11.9 Å². The number of nitrogens with zero attached hydrogens (tertiary/aromatic N) is 6. The third-order valence-corrected chi connectivity index (χ3v) is 5.56. The van der Waals surface area contributed by atoms with E-state index in [0.717, 1.165) is 53.8 Å². The highest BCUT2D eigenvalue weighted by atomic mass is 32.2. The van der Waals surface area contributed by atoms with E-state index in [1.54, 1.807) is 18.6 Å². The van der Waals surface area contributed by atoms with Gasteiger partial charge in [-0.25, -0.2) is 19.5 Å². The van der Waals surface area contributed by atoms with Crippen molar-refractivity contribution >= 4 is 29.3 Å². The number of ether oxygens (including phenoxy) is 1. The first-order valence-corrected chi connectivity index (χ1v) is 11.5. The van der Waals surface area contributed by atoms with E-state index in [1.165, 1.54) is 11.8 Å². The molecule has 1 aliphatic heterocycles. The smallest absolute Gasteiger partial charge is 0.430 e. The SMILES string of the molecule is CSc1ncc(-c2cnc3ccc(NC4CC[N+](=C(O)OC(C)(C)C)CC4)nn23)cn1. The van der Waals surface area contributed by atoms with E-state index < -0.39 is 5.60 Å². The number of anilines is 1. The van der Waals surface area contributed by atoms with Crippen LogP contribution < -0.4 is 5.32 Å². The summed E-state index contributed by atoms with van der Waals surface area (Å²) in [6.07, 6.45) is 9.07. The van der Waals surface area contributed by atoms with Gasteiger partial charge >= 0.3 is 6.08 Å². The number of hydrogen-bond donors (Lipinski definition) is 2. The molecular weight excluding hydrogens is 414 g/mol. The fourth-order valence-electron chi connectivity index (χ4n) is 3.46. The third kappa shape index (κ3) is 5.07. The number of imidazole rings is 1. The summed E-state index contributed by atoms with van der Waals surface area (Å²) in [6, 6.07) is 4.15. The monoisotopic (exact) mass is 442 g/mol. The van der Waals surface area contributed by atoms with Gasteiger partial charge in [0, 0.05) is 36.8 Å². The van der Waals surface area contributed by atoms with Crippen LogP contribution in [0.1, 0.15) is 33.6 Å². The first-order valence-electron chi connectivity index (χ1n) is 10.3. The van der Waals surface area contributed by atoms with Crippen molar-refractivity contribution in [2.45, 2.75) is 50.4 Å². The predicted octanol–water partition coefficient (Wildman–Crippen LogP) is 3.22. The molecule has 0 aliphatic carbocycles. The van der Waals surface area contributed by atoms with Crippen molar-refractivity contribution in [1.82, 2.24) is 24.6 Å². The van der Waals surface area contributed by atoms with Crippen molar-refractivity contribution in [3.8, 4) is 11.3 Å². The maximum atomic E-state index is 10.2. The minimum atomic E-state index is -0.415. The lowest BCUT2D eigenvalue weighted by molar-refractivity contribution is -0.555. The summed E-state index contributed by atoms with van der Waals surface area (Å²) in [5.74, 6) is 0.783. The number of thioether (sulfide) groups is 1. The van der Waals surface area contributed by atoms with Crippen LogP contribution in [0, 0.1) is 0 Å². The Bertz CT molecular complexity index is 1080. The molecule has 0 aromatic carbocycles. The normalized spacial score (nSPS) is 17.0. The zero-order valence-corrected chi connectivity index (χ0v) is 19.1. The Kier molecular flexibility index (Phi) is 5.99. The minimum absolute atomic E-state index is 0.00302. The number of piperidine rings is 1. The summed E-state index contributed by atoms with van der Waals surface area (Å²) < 4.78 is 9.28. The van der Waals surface area contributed by atoms with Crippen molar-refractivity contribution in [3.63, 3.8) is 0 Å². The molecule has 164 valence electrons. The molecule has 31 heavy (non-hydrogen) atoms. The van der Waals surface area contributed by atoms with Crippen LogP contribution in [-0.2, 0) is 4.74 Å². The predicted molar refractivity (Wildman–Crippen MR) is 121 cm³/mol. The molecule has 4 heterocycles. The Morgan fingerprint density at radius 2 is 1.87 bits per heavy atom. The molecular formula is C21H28N7O2S+. The van der Waals surface area contributed by atoms with Crippen LogP contribution >= 0.6 is 11.8 Å². The van der Waals surface area contributed by atoms with Gasteiger partial charge in [-0.3, -0.25) is 0 Å². The van der Waals surface area contributed by atoms with Crippen LogP contribution in [-0.4, -0.2) is 71.3 Å². The van der Waals surface area contributed by atoms with Crippen molar-refractivity contribution < 1.29 is 14.4 Å². The van der Waals surface area contributed by atoms with E-state index in [4.69, 9.17) is 9.84 Å². The number of aliphatic hydroxyl groups is 1. The van der Waals surface area contributed by atoms with Gasteiger partial charge in [0.1, 0.15) is 11.4 Å². The second-order valence-corrected chi connectivity index (χ2v) is 9.27. The maximum absolute atomic E-state index is 10.2. The zero-order valence-electron chi connectivity index (χ0n) is 18.2. The van der Waals surface area contributed by atoms with Crippen molar-refractivity contribution in [2.75, 3.05) is 24.7 Å². The quantitative estimate of drug-likeness (QED) is 0.275. The van der Waals surface area contributed by atoms with Gasteiger partial charge in [-0.2, -0.15) is 4.58 Å². The Balaban J connectivity index is 1.47. The van der Waals surface area contributed by atoms with E-state index in [2.05, 4.69) is 20.3 Å². The third-order valence-electron chi connectivity index (χ3n) is 4.98. The number of rotatable bonds is 4. The molecule has 1 saturated heterocycles. The molecule has 0 bridgehead atoms. The Morgan fingerprint density at radius 3 is 2.52 bits per heavy atom. The Labute approximate surface area is 185 Å². The van der Waals surface area contributed by atoms with E-state index in [9.17, 15) is 5.11 Å². The molecule has 9 nitrogen and oxygen atoms in total. The molecule has 0 unspecified atom stereocenters. The number of nitrogens with one attached hydrogen (secondary N) is 1. The lowest BCUT2D eigenvalue weighted by Crippen LogP contribution is -2.39. The summed E-state index contributed by atoms with van der Waals surface area (Å²) in [4.78, 5) is 13.1. The largest absolute Gasteiger partial charge is 0.547 e. The molecule has 2 N–H and O–H groups in total. The Morgan fingerprint density at radius 1 is 1.16 bits per heavy atom. The summed E-state index contributed by atoms with van der Waals surface area (Å²) in [5.41, 5.74) is 2.07. The standard InChI is InChI=1S/C21H27N7O2S/c1-21(2,3)30-20(29)27-9-7-15(8-10-27)25-17-5-6-18-22-13-16(28(18)26-17)14-11-23-19(31-4)24-12-14/h5-6,11-13,15H,7-10H2,1-4H3,(H,25,26)/p+1. The van der Waals surface area contributed by atoms with Crippen LogP contribution in [0.3, 0.4) is 0 Å². The lowest BCUT2D eigenvalue weighted by Gasteiger charge is -2.24. The van der Waals surface area contributed by atoms with E-state index in [1.807, 2.05) is 48.3 Å². The highest BCUT2D eigenvalue weighted by Crippen LogP contribution is 2.22. The van der Waals surface area contributed by atoms with Gasteiger partial charge < -0.3 is 15.2 Å². The summed E-state index contributed by atoms with van der Waals surface area (Å²) in [7, 11) is 0. The van der Waals surface area contributed by atoms with Gasteiger partial charge in [0.15, 0.2) is 23.9 Å². The fraction of sp³-hybridized carbons (Fsp3) is 0.476. The van der Waals surface area contributed by atoms with Crippen LogP contribution in [0.4, 0.5) is 5.82 Å². The number of hydrogen-bond acceptors (Lipinski definition) is 7.